The van der Waals surface area contributed by atoms with Crippen molar-refractivity contribution < 1.29 is 23.4 Å². The number of nitriles is 1. The Bertz CT molecular complexity index is 2320. The van der Waals surface area contributed by atoms with E-state index in [1.54, 1.807) is 30.2 Å². The number of alkyl halides is 1. The van der Waals surface area contributed by atoms with Gasteiger partial charge in [-0.1, -0.05) is 17.7 Å². The van der Waals surface area contributed by atoms with Gasteiger partial charge in [0.05, 0.1) is 30.2 Å². The summed E-state index contributed by atoms with van der Waals surface area (Å²) in [4.78, 5) is 24.7. The molecule has 6 heterocycles. The number of phenols is 1. The monoisotopic (exact) mass is 722 g/mol. The molecule has 3 aromatic heterocycles. The summed E-state index contributed by atoms with van der Waals surface area (Å²) in [5.41, 5.74) is 2.45. The summed E-state index contributed by atoms with van der Waals surface area (Å²) in [7, 11) is 0. The molecule has 5 unspecified atom stereocenters. The lowest BCUT2D eigenvalue weighted by molar-refractivity contribution is -0.139. The van der Waals surface area contributed by atoms with Gasteiger partial charge in [-0.2, -0.15) is 5.26 Å². The largest absolute Gasteiger partial charge is 0.508 e. The molecule has 52 heavy (non-hydrogen) atoms. The summed E-state index contributed by atoms with van der Waals surface area (Å²) in [5.74, 6) is -0.410. The third-order valence-corrected chi connectivity index (χ3v) is 12.1. The molecule has 2 aliphatic carbocycles. The van der Waals surface area contributed by atoms with E-state index in [-0.39, 0.29) is 61.1 Å². The zero-order valence-electron chi connectivity index (χ0n) is 28.8. The minimum absolute atomic E-state index is 0.0305. The number of aromatic nitrogens is 3. The van der Waals surface area contributed by atoms with Gasteiger partial charge in [0.25, 0.3) is 5.91 Å². The number of hydrogen-bond acceptors (Lipinski definition) is 7. The maximum atomic E-state index is 17.3. The number of aryl methyl sites for hydroxylation is 2. The van der Waals surface area contributed by atoms with Crippen LogP contribution in [0.2, 0.25) is 5.02 Å². The number of phenolic OH excluding ortho intramolecular Hbond substituents is 1. The van der Waals surface area contributed by atoms with E-state index in [1.807, 2.05) is 19.1 Å². The Hall–Kier alpha value is -4.79. The van der Waals surface area contributed by atoms with Gasteiger partial charge in [0.1, 0.15) is 17.4 Å². The molecule has 1 amide bonds. The molecular weight excluding hydrogens is 686 g/mol. The molecule has 5 atom stereocenters. The number of carbonyl (C=O) groups excluding carboxylic acids is 1. The van der Waals surface area contributed by atoms with Crippen molar-refractivity contribution in [3.05, 3.63) is 82.0 Å². The number of aromatic hydroxyl groups is 1. The van der Waals surface area contributed by atoms with Crippen molar-refractivity contribution >= 4 is 39.3 Å². The first-order valence-electron chi connectivity index (χ1n) is 17.9. The Morgan fingerprint density at radius 2 is 2.02 bits per heavy atom. The summed E-state index contributed by atoms with van der Waals surface area (Å²) in [6, 6.07) is 14.2. The predicted molar refractivity (Wildman–Crippen MR) is 192 cm³/mol. The van der Waals surface area contributed by atoms with Gasteiger partial charge in [-0.05, 0) is 92.5 Å². The lowest BCUT2D eigenvalue weighted by atomic mass is 9.79. The van der Waals surface area contributed by atoms with Crippen LogP contribution < -0.4 is 10.1 Å². The highest BCUT2D eigenvalue weighted by Gasteiger charge is 2.57. The fraction of sp³-hybridized carbons (Fsp3) is 0.400. The van der Waals surface area contributed by atoms with Crippen LogP contribution in [0.3, 0.4) is 0 Å². The second-order valence-corrected chi connectivity index (χ2v) is 15.3. The van der Waals surface area contributed by atoms with E-state index in [0.717, 1.165) is 29.6 Å². The third kappa shape index (κ3) is 5.13. The highest BCUT2D eigenvalue weighted by Crippen LogP contribution is 2.52. The molecule has 9 nitrogen and oxygen atoms in total. The maximum absolute atomic E-state index is 17.3. The van der Waals surface area contributed by atoms with E-state index in [2.05, 4.69) is 27.0 Å². The number of hydrogen-bond donors (Lipinski definition) is 2. The summed E-state index contributed by atoms with van der Waals surface area (Å²) < 4.78 is 41.4. The van der Waals surface area contributed by atoms with Crippen LogP contribution in [0.4, 0.5) is 8.78 Å². The van der Waals surface area contributed by atoms with Crippen LogP contribution >= 0.6 is 11.6 Å². The van der Waals surface area contributed by atoms with E-state index in [1.165, 1.54) is 12.1 Å². The van der Waals surface area contributed by atoms with E-state index in [9.17, 15) is 15.2 Å². The molecule has 0 radical (unpaired) electrons. The zero-order chi connectivity index (χ0) is 36.1. The first-order chi connectivity index (χ1) is 25.1. The van der Waals surface area contributed by atoms with Gasteiger partial charge in [-0.25, -0.2) is 18.7 Å². The molecule has 2 N–H and O–H groups in total. The van der Waals surface area contributed by atoms with Gasteiger partial charge in [-0.3, -0.25) is 4.79 Å². The van der Waals surface area contributed by atoms with Crippen LogP contribution in [0.1, 0.15) is 66.7 Å². The number of nitrogens with zero attached hydrogens (tertiary/aromatic N) is 5. The van der Waals surface area contributed by atoms with Gasteiger partial charge in [0, 0.05) is 70.4 Å². The fourth-order valence-corrected chi connectivity index (χ4v) is 9.10. The molecule has 2 saturated carbocycles. The smallest absolute Gasteiger partial charge is 0.260 e. The molecule has 5 aromatic rings. The topological polar surface area (TPSA) is 116 Å². The minimum atomic E-state index is -1.88. The van der Waals surface area contributed by atoms with Crippen molar-refractivity contribution in [2.45, 2.75) is 82.3 Å². The fourth-order valence-electron chi connectivity index (χ4n) is 8.88. The highest BCUT2D eigenvalue weighted by molar-refractivity contribution is 6.32. The molecule has 2 aromatic carbocycles. The van der Waals surface area contributed by atoms with Crippen molar-refractivity contribution in [3.8, 4) is 28.8 Å². The van der Waals surface area contributed by atoms with Crippen molar-refractivity contribution in [1.29, 1.82) is 5.26 Å². The maximum Gasteiger partial charge on any atom is 0.260 e. The van der Waals surface area contributed by atoms with E-state index >= 15 is 8.78 Å². The summed E-state index contributed by atoms with van der Waals surface area (Å²) in [6.07, 6.45) is 3.47. The zero-order valence-corrected chi connectivity index (χ0v) is 29.6. The Balaban J connectivity index is 1.28. The van der Waals surface area contributed by atoms with Gasteiger partial charge in [0.2, 0.25) is 5.88 Å². The Morgan fingerprint density at radius 1 is 1.19 bits per heavy atom. The molecule has 5 aliphatic rings. The van der Waals surface area contributed by atoms with Crippen molar-refractivity contribution in [1.82, 2.24) is 24.8 Å². The van der Waals surface area contributed by atoms with Gasteiger partial charge in [-0.15, -0.1) is 0 Å². The standard InChI is InChI=1S/C40H37ClF2N6O3/c1-20-26(14-24(50)15-29(20)41)34-22(6-5-10-44)12-28-36(35(34)42)47-21(2)27-17-32(49(38(27)28)37-23-13-30(37)46-18-23)31-16-25(52-33-7-3-4-11-45-33)19-48(31)39(51)40(43)8-9-40/h3-4,7,11-12,14-15,17,23,25,30-31,37,46,50H,5-6,8-9,13,16,18-19H2,1-2H3. The number of likely N-dealkylation sites (tertiary alicyclic amines) is 1. The Labute approximate surface area is 304 Å². The predicted octanol–water partition coefficient (Wildman–Crippen LogP) is 7.58. The van der Waals surface area contributed by atoms with E-state index in [4.69, 9.17) is 21.3 Å². The molecule has 2 bridgehead atoms. The van der Waals surface area contributed by atoms with Crippen LogP contribution in [0.5, 0.6) is 11.6 Å². The van der Waals surface area contributed by atoms with Gasteiger partial charge in [0.15, 0.2) is 11.5 Å². The summed E-state index contributed by atoms with van der Waals surface area (Å²) in [6.45, 7) is 4.68. The number of pyridine rings is 2. The molecule has 3 saturated heterocycles. The molecule has 10 rings (SSSR count). The van der Waals surface area contributed by atoms with Crippen LogP contribution in [0.25, 0.3) is 32.9 Å². The lowest BCUT2D eigenvalue weighted by Crippen LogP contribution is -2.42. The SMILES string of the molecule is Cc1c(Cl)cc(O)cc1-c1c(CCC#N)cc2c(nc(C)c3cc(C4CC(Oc5ccccn5)CN4C(=O)C4(F)CC4)n(C4C5CNC4C5)c32)c1F. The Morgan fingerprint density at radius 3 is 2.71 bits per heavy atom. The average Bonchev–Trinajstić information content (AvgIpc) is 3.57. The summed E-state index contributed by atoms with van der Waals surface area (Å²) in [5, 5.41) is 25.5. The molecular formula is C40H37ClF2N6O3. The van der Waals surface area contributed by atoms with E-state index < -0.39 is 29.5 Å². The second-order valence-electron chi connectivity index (χ2n) is 14.9. The van der Waals surface area contributed by atoms with E-state index in [0.29, 0.717) is 51.0 Å². The number of halogens is 3. The average molecular weight is 723 g/mol. The van der Waals surface area contributed by atoms with Crippen LogP contribution in [-0.2, 0) is 11.2 Å². The molecule has 266 valence electrons. The molecule has 3 aliphatic heterocycles. The van der Waals surface area contributed by atoms with Gasteiger partial charge < -0.3 is 24.6 Å². The molecule has 12 heteroatoms. The van der Waals surface area contributed by atoms with Crippen molar-refractivity contribution in [2.24, 2.45) is 5.92 Å². The number of rotatable bonds is 8. The lowest BCUT2D eigenvalue weighted by Gasteiger charge is -2.39. The normalized spacial score (nSPS) is 24.3. The third-order valence-electron chi connectivity index (χ3n) is 11.7. The minimum Gasteiger partial charge on any atom is -0.508 e. The number of benzene rings is 2. The first-order valence-corrected chi connectivity index (χ1v) is 18.3. The number of carbonyl (C=O) groups is 1. The first kappa shape index (κ1) is 33.1. The highest BCUT2D eigenvalue weighted by atomic mass is 35.5. The number of amides is 1. The van der Waals surface area contributed by atoms with Crippen LogP contribution in [-0.4, -0.2) is 61.4 Å². The molecule has 5 fully saturated rings. The van der Waals surface area contributed by atoms with Gasteiger partial charge >= 0.3 is 0 Å². The number of fused-ring (bicyclic) bond motifs is 4. The number of ether oxygens (including phenoxy) is 1. The van der Waals surface area contributed by atoms with Crippen molar-refractivity contribution in [2.75, 3.05) is 13.1 Å². The second kappa shape index (κ2) is 12.1. The number of nitrogens with one attached hydrogen (secondary N) is 1. The Kier molecular flexibility index (Phi) is 7.72. The van der Waals surface area contributed by atoms with Crippen molar-refractivity contribution in [3.63, 3.8) is 0 Å². The summed E-state index contributed by atoms with van der Waals surface area (Å²) >= 11 is 6.47. The quantitative estimate of drug-likeness (QED) is 0.170. The van der Waals surface area contributed by atoms with Crippen LogP contribution in [0, 0.1) is 36.9 Å². The molecule has 0 spiro atoms. The van der Waals surface area contributed by atoms with Crippen LogP contribution in [0.15, 0.2) is 48.7 Å².